The fourth-order valence-electron chi connectivity index (χ4n) is 2.42. The summed E-state index contributed by atoms with van der Waals surface area (Å²) in [5, 5.41) is 16.1. The number of carbonyl (C=O) groups excluding carboxylic acids is 1. The maximum absolute atomic E-state index is 12.2. The Morgan fingerprint density at radius 3 is 2.38 bits per heavy atom. The number of nitro benzene ring substituents is 1. The first kappa shape index (κ1) is 17.0. The zero-order valence-electron chi connectivity index (χ0n) is 13.9. The maximum Gasteiger partial charge on any atom is 0.323 e. The average molecular weight is 352 g/mol. The fraction of sp³-hybridized carbons (Fsp3) is 0.0556. The summed E-state index contributed by atoms with van der Waals surface area (Å²) >= 11 is 0. The van der Waals surface area contributed by atoms with Crippen LogP contribution in [0, 0.1) is 10.1 Å². The van der Waals surface area contributed by atoms with E-state index in [1.165, 1.54) is 25.3 Å². The number of amides is 2. The van der Waals surface area contributed by atoms with E-state index in [0.29, 0.717) is 11.4 Å². The van der Waals surface area contributed by atoms with Gasteiger partial charge < -0.3 is 19.9 Å². The number of benzene rings is 2. The molecule has 0 spiro atoms. The van der Waals surface area contributed by atoms with Crippen molar-refractivity contribution in [3.05, 3.63) is 77.1 Å². The highest BCUT2D eigenvalue weighted by Gasteiger charge is 2.13. The zero-order chi connectivity index (χ0) is 18.5. The topological polar surface area (TPSA) is 98.4 Å². The Kier molecular flexibility index (Phi) is 4.84. The largest absolute Gasteiger partial charge is 0.495 e. The predicted octanol–water partition coefficient (Wildman–Crippen LogP) is 4.04. The highest BCUT2D eigenvalue weighted by atomic mass is 16.6. The lowest BCUT2D eigenvalue weighted by Gasteiger charge is -2.11. The molecule has 0 atom stereocenters. The molecule has 0 unspecified atom stereocenters. The van der Waals surface area contributed by atoms with Gasteiger partial charge in [-0.05, 0) is 42.5 Å². The number of carbonyl (C=O) groups is 1. The Morgan fingerprint density at radius 2 is 1.77 bits per heavy atom. The molecule has 0 aliphatic rings. The second-order valence-corrected chi connectivity index (χ2v) is 5.36. The van der Waals surface area contributed by atoms with Crippen LogP contribution in [0.3, 0.4) is 0 Å². The van der Waals surface area contributed by atoms with Gasteiger partial charge in [0.2, 0.25) is 0 Å². The number of aromatic nitrogens is 1. The van der Waals surface area contributed by atoms with Crippen LogP contribution in [0.5, 0.6) is 5.75 Å². The molecule has 0 bridgehead atoms. The van der Waals surface area contributed by atoms with Crippen LogP contribution in [0.2, 0.25) is 0 Å². The number of nitro groups is 1. The van der Waals surface area contributed by atoms with Gasteiger partial charge in [-0.3, -0.25) is 10.1 Å². The Balaban J connectivity index is 1.71. The van der Waals surface area contributed by atoms with Gasteiger partial charge in [0.05, 0.1) is 17.7 Å². The number of anilines is 2. The molecule has 0 aliphatic carbocycles. The average Bonchev–Trinajstić information content (AvgIpc) is 3.17. The molecule has 3 rings (SSSR count). The van der Waals surface area contributed by atoms with Crippen molar-refractivity contribution in [3.8, 4) is 11.4 Å². The summed E-state index contributed by atoms with van der Waals surface area (Å²) in [4.78, 5) is 22.5. The highest BCUT2D eigenvalue weighted by Crippen LogP contribution is 2.29. The van der Waals surface area contributed by atoms with Crippen molar-refractivity contribution >= 4 is 23.1 Å². The van der Waals surface area contributed by atoms with Crippen LogP contribution < -0.4 is 15.4 Å². The van der Waals surface area contributed by atoms with Crippen molar-refractivity contribution in [2.24, 2.45) is 0 Å². The summed E-state index contributed by atoms with van der Waals surface area (Å²) in [6, 6.07) is 14.6. The number of methoxy groups -OCH3 is 1. The molecule has 3 aromatic rings. The number of rotatable bonds is 5. The molecule has 0 radical (unpaired) electrons. The molecule has 2 amide bonds. The Bertz CT molecular complexity index is 921. The summed E-state index contributed by atoms with van der Waals surface area (Å²) in [6.45, 7) is 0. The number of hydrogen-bond donors (Lipinski definition) is 2. The van der Waals surface area contributed by atoms with Gasteiger partial charge in [-0.1, -0.05) is 0 Å². The van der Waals surface area contributed by atoms with E-state index in [1.807, 2.05) is 41.2 Å². The van der Waals surface area contributed by atoms with E-state index in [0.717, 1.165) is 5.69 Å². The zero-order valence-corrected chi connectivity index (χ0v) is 13.9. The van der Waals surface area contributed by atoms with E-state index < -0.39 is 11.0 Å². The number of nitrogens with one attached hydrogen (secondary N) is 2. The molecular weight excluding hydrogens is 336 g/mol. The van der Waals surface area contributed by atoms with Crippen molar-refractivity contribution in [2.75, 3.05) is 17.7 Å². The first-order valence-corrected chi connectivity index (χ1v) is 7.70. The number of ether oxygens (including phenoxy) is 1. The van der Waals surface area contributed by atoms with E-state index in [4.69, 9.17) is 4.74 Å². The molecule has 2 N–H and O–H groups in total. The quantitative estimate of drug-likeness (QED) is 0.535. The Labute approximate surface area is 149 Å². The monoisotopic (exact) mass is 352 g/mol. The standard InChI is InChI=1S/C18H16N4O4/c1-26-17-9-8-15(22(24)25)12-16(17)20-18(23)19-13-4-6-14(7-5-13)21-10-2-3-11-21/h2-12H,1H3,(H2,19,20,23). The number of urea groups is 1. The molecule has 0 saturated carbocycles. The minimum Gasteiger partial charge on any atom is -0.495 e. The third-order valence-electron chi connectivity index (χ3n) is 3.67. The lowest BCUT2D eigenvalue weighted by molar-refractivity contribution is -0.384. The molecule has 2 aromatic carbocycles. The number of hydrogen-bond acceptors (Lipinski definition) is 4. The number of nitrogens with zero attached hydrogens (tertiary/aromatic N) is 2. The Morgan fingerprint density at radius 1 is 1.08 bits per heavy atom. The third kappa shape index (κ3) is 3.81. The first-order valence-electron chi connectivity index (χ1n) is 7.70. The van der Waals surface area contributed by atoms with E-state index in [2.05, 4.69) is 10.6 Å². The fourth-order valence-corrected chi connectivity index (χ4v) is 2.42. The van der Waals surface area contributed by atoms with Gasteiger partial charge in [0.25, 0.3) is 5.69 Å². The van der Waals surface area contributed by atoms with Crippen molar-refractivity contribution < 1.29 is 14.5 Å². The second-order valence-electron chi connectivity index (χ2n) is 5.36. The van der Waals surface area contributed by atoms with Crippen LogP contribution in [0.1, 0.15) is 0 Å². The molecule has 8 nitrogen and oxygen atoms in total. The lowest BCUT2D eigenvalue weighted by Crippen LogP contribution is -2.19. The van der Waals surface area contributed by atoms with E-state index in [-0.39, 0.29) is 11.4 Å². The predicted molar refractivity (Wildman–Crippen MR) is 98.1 cm³/mol. The maximum atomic E-state index is 12.2. The summed E-state index contributed by atoms with van der Waals surface area (Å²) < 4.78 is 7.06. The molecule has 8 heteroatoms. The van der Waals surface area contributed by atoms with Crippen molar-refractivity contribution in [2.45, 2.75) is 0 Å². The summed E-state index contributed by atoms with van der Waals surface area (Å²) in [5.41, 5.74) is 1.62. The highest BCUT2D eigenvalue weighted by molar-refractivity contribution is 6.00. The van der Waals surface area contributed by atoms with Gasteiger partial charge in [-0.25, -0.2) is 4.79 Å². The van der Waals surface area contributed by atoms with Gasteiger partial charge >= 0.3 is 6.03 Å². The normalized spacial score (nSPS) is 10.2. The van der Waals surface area contributed by atoms with Gasteiger partial charge in [-0.15, -0.1) is 0 Å². The van der Waals surface area contributed by atoms with Crippen molar-refractivity contribution in [1.29, 1.82) is 0 Å². The van der Waals surface area contributed by atoms with Crippen molar-refractivity contribution in [3.63, 3.8) is 0 Å². The van der Waals surface area contributed by atoms with E-state index in [1.54, 1.807) is 12.1 Å². The first-order chi connectivity index (χ1) is 12.6. The van der Waals surface area contributed by atoms with E-state index >= 15 is 0 Å². The molecule has 0 fully saturated rings. The molecule has 1 heterocycles. The third-order valence-corrected chi connectivity index (χ3v) is 3.67. The summed E-state index contributed by atoms with van der Waals surface area (Å²) in [7, 11) is 1.42. The molecule has 0 saturated heterocycles. The lowest BCUT2D eigenvalue weighted by atomic mass is 10.2. The summed E-state index contributed by atoms with van der Waals surface area (Å²) in [5.74, 6) is 0.328. The van der Waals surface area contributed by atoms with E-state index in [9.17, 15) is 14.9 Å². The van der Waals surface area contributed by atoms with Gasteiger partial charge in [0.1, 0.15) is 5.75 Å². The minimum atomic E-state index is -0.539. The molecule has 0 aliphatic heterocycles. The van der Waals surface area contributed by atoms with Crippen LogP contribution >= 0.6 is 0 Å². The smallest absolute Gasteiger partial charge is 0.323 e. The molecule has 132 valence electrons. The summed E-state index contributed by atoms with van der Waals surface area (Å²) in [6.07, 6.45) is 3.84. The van der Waals surface area contributed by atoms with Gasteiger partial charge in [-0.2, -0.15) is 0 Å². The van der Waals surface area contributed by atoms with Crippen molar-refractivity contribution in [1.82, 2.24) is 4.57 Å². The van der Waals surface area contributed by atoms with Crippen LogP contribution in [-0.2, 0) is 0 Å². The Hall–Kier alpha value is -3.81. The van der Waals surface area contributed by atoms with Crippen LogP contribution in [0.4, 0.5) is 21.9 Å². The molecule has 26 heavy (non-hydrogen) atoms. The van der Waals surface area contributed by atoms with Gasteiger partial charge in [0.15, 0.2) is 0 Å². The molecular formula is C18H16N4O4. The molecule has 1 aromatic heterocycles. The minimum absolute atomic E-state index is 0.142. The van der Waals surface area contributed by atoms with Crippen LogP contribution in [0.25, 0.3) is 5.69 Å². The second kappa shape index (κ2) is 7.39. The van der Waals surface area contributed by atoms with Crippen LogP contribution in [-0.4, -0.2) is 22.6 Å². The van der Waals surface area contributed by atoms with Gasteiger partial charge in [0, 0.05) is 35.9 Å². The number of non-ortho nitro benzene ring substituents is 1. The van der Waals surface area contributed by atoms with Crippen LogP contribution in [0.15, 0.2) is 67.0 Å². The SMILES string of the molecule is COc1ccc([N+](=O)[O-])cc1NC(=O)Nc1ccc(-n2cccc2)cc1.